The highest BCUT2D eigenvalue weighted by Crippen LogP contribution is 2.28. The molecule has 0 spiro atoms. The van der Waals surface area contributed by atoms with Crippen molar-refractivity contribution in [2.75, 3.05) is 0 Å². The van der Waals surface area contributed by atoms with E-state index in [9.17, 15) is 9.18 Å². The third-order valence-electron chi connectivity index (χ3n) is 2.24. The maximum Gasteiger partial charge on any atom is 0.311 e. The molecule has 0 saturated carbocycles. The van der Waals surface area contributed by atoms with Crippen molar-refractivity contribution in [2.24, 2.45) is 5.92 Å². The van der Waals surface area contributed by atoms with Crippen molar-refractivity contribution in [1.82, 2.24) is 0 Å². The second-order valence-corrected chi connectivity index (χ2v) is 4.59. The largest absolute Gasteiger partial charge is 0.481 e. The Morgan fingerprint density at radius 3 is 2.47 bits per heavy atom. The van der Waals surface area contributed by atoms with Crippen LogP contribution in [0.1, 0.15) is 25.3 Å². The van der Waals surface area contributed by atoms with Gasteiger partial charge in [0.1, 0.15) is 5.82 Å². The van der Waals surface area contributed by atoms with Gasteiger partial charge in [-0.2, -0.15) is 0 Å². The van der Waals surface area contributed by atoms with Crippen molar-refractivity contribution < 1.29 is 14.3 Å². The van der Waals surface area contributed by atoms with Crippen LogP contribution in [0.5, 0.6) is 0 Å². The zero-order valence-electron chi connectivity index (χ0n) is 8.50. The molecule has 1 atom stereocenters. The molecule has 1 aromatic carbocycles. The predicted molar refractivity (Wildman–Crippen MR) is 59.3 cm³/mol. The van der Waals surface area contributed by atoms with Crippen LogP contribution >= 0.6 is 15.9 Å². The van der Waals surface area contributed by atoms with Gasteiger partial charge in [0.15, 0.2) is 0 Å². The van der Waals surface area contributed by atoms with E-state index in [1.54, 1.807) is 0 Å². The molecular formula is C11H12BrFO2. The van der Waals surface area contributed by atoms with Crippen molar-refractivity contribution in [3.05, 3.63) is 34.1 Å². The fourth-order valence-electron chi connectivity index (χ4n) is 1.52. The van der Waals surface area contributed by atoms with Crippen LogP contribution in [-0.2, 0) is 4.79 Å². The fraction of sp³-hybridized carbons (Fsp3) is 0.364. The first kappa shape index (κ1) is 12.2. The van der Waals surface area contributed by atoms with Crippen LogP contribution in [0.4, 0.5) is 4.39 Å². The van der Waals surface area contributed by atoms with E-state index < -0.39 is 11.9 Å². The van der Waals surface area contributed by atoms with E-state index in [1.165, 1.54) is 18.2 Å². The molecule has 0 heterocycles. The number of hydrogen-bond acceptors (Lipinski definition) is 1. The molecule has 0 aliphatic rings. The number of benzene rings is 1. The molecule has 1 rings (SSSR count). The summed E-state index contributed by atoms with van der Waals surface area (Å²) in [5, 5.41) is 9.05. The summed E-state index contributed by atoms with van der Waals surface area (Å²) < 4.78 is 13.3. The van der Waals surface area contributed by atoms with Crippen molar-refractivity contribution in [3.63, 3.8) is 0 Å². The minimum atomic E-state index is -0.886. The van der Waals surface area contributed by atoms with Crippen LogP contribution in [0, 0.1) is 11.7 Å². The Morgan fingerprint density at radius 1 is 1.47 bits per heavy atom. The zero-order valence-corrected chi connectivity index (χ0v) is 10.1. The highest BCUT2D eigenvalue weighted by atomic mass is 79.9. The second kappa shape index (κ2) is 4.75. The Labute approximate surface area is 96.2 Å². The van der Waals surface area contributed by atoms with Crippen LogP contribution in [0.25, 0.3) is 0 Å². The minimum Gasteiger partial charge on any atom is -0.481 e. The van der Waals surface area contributed by atoms with Gasteiger partial charge in [0.25, 0.3) is 0 Å². The van der Waals surface area contributed by atoms with Gasteiger partial charge in [-0.1, -0.05) is 19.9 Å². The Bertz CT molecular complexity index is 377. The van der Waals surface area contributed by atoms with Gasteiger partial charge < -0.3 is 5.11 Å². The van der Waals surface area contributed by atoms with Crippen LogP contribution in [0.15, 0.2) is 22.7 Å². The number of halogens is 2. The Kier molecular flexibility index (Phi) is 3.85. The van der Waals surface area contributed by atoms with E-state index in [0.717, 1.165) is 0 Å². The number of carboxylic acids is 1. The first-order chi connectivity index (χ1) is 6.93. The lowest BCUT2D eigenvalue weighted by atomic mass is 9.89. The van der Waals surface area contributed by atoms with Crippen LogP contribution in [0.2, 0.25) is 0 Å². The van der Waals surface area contributed by atoms with Crippen LogP contribution in [0.3, 0.4) is 0 Å². The molecular weight excluding hydrogens is 263 g/mol. The molecule has 82 valence electrons. The monoisotopic (exact) mass is 274 g/mol. The molecule has 4 heteroatoms. The van der Waals surface area contributed by atoms with Crippen molar-refractivity contribution in [1.29, 1.82) is 0 Å². The summed E-state index contributed by atoms with van der Waals surface area (Å²) >= 11 is 3.04. The summed E-state index contributed by atoms with van der Waals surface area (Å²) in [6.45, 7) is 3.66. The Balaban J connectivity index is 3.12. The minimum absolute atomic E-state index is 0.0279. The predicted octanol–water partition coefficient (Wildman–Crippen LogP) is 3.41. The SMILES string of the molecule is CC(C)C(C(=O)O)c1ccc(F)c(Br)c1. The summed E-state index contributed by atoms with van der Waals surface area (Å²) in [6.07, 6.45) is 0. The molecule has 1 unspecified atom stereocenters. The van der Waals surface area contributed by atoms with E-state index >= 15 is 0 Å². The van der Waals surface area contributed by atoms with Crippen LogP contribution < -0.4 is 0 Å². The lowest BCUT2D eigenvalue weighted by molar-refractivity contribution is -0.139. The Hall–Kier alpha value is -0.900. The highest BCUT2D eigenvalue weighted by Gasteiger charge is 2.23. The third-order valence-corrected chi connectivity index (χ3v) is 2.84. The molecule has 0 aliphatic carbocycles. The zero-order chi connectivity index (χ0) is 11.6. The molecule has 0 saturated heterocycles. The summed E-state index contributed by atoms with van der Waals surface area (Å²) in [5.41, 5.74) is 0.616. The van der Waals surface area contributed by atoms with Gasteiger partial charge in [0.2, 0.25) is 0 Å². The van der Waals surface area contributed by atoms with Gasteiger partial charge in [0.05, 0.1) is 10.4 Å². The van der Waals surface area contributed by atoms with Crippen molar-refractivity contribution >= 4 is 21.9 Å². The molecule has 0 fully saturated rings. The third kappa shape index (κ3) is 2.78. The fourth-order valence-corrected chi connectivity index (χ4v) is 1.91. The number of carboxylic acid groups (broad SMARTS) is 1. The van der Waals surface area contributed by atoms with Crippen LogP contribution in [-0.4, -0.2) is 11.1 Å². The van der Waals surface area contributed by atoms with Gasteiger partial charge in [0, 0.05) is 0 Å². The molecule has 0 aliphatic heterocycles. The molecule has 15 heavy (non-hydrogen) atoms. The molecule has 1 N–H and O–H groups in total. The van der Waals surface area contributed by atoms with E-state index in [2.05, 4.69) is 15.9 Å². The lowest BCUT2D eigenvalue weighted by Gasteiger charge is -2.16. The summed E-state index contributed by atoms with van der Waals surface area (Å²) in [6, 6.07) is 4.31. The second-order valence-electron chi connectivity index (χ2n) is 3.73. The molecule has 2 nitrogen and oxygen atoms in total. The molecule has 0 bridgehead atoms. The van der Waals surface area contributed by atoms with E-state index in [4.69, 9.17) is 5.11 Å². The molecule has 0 aromatic heterocycles. The maximum atomic E-state index is 13.0. The standard InChI is InChI=1S/C11H12BrFO2/c1-6(2)10(11(14)15)7-3-4-9(13)8(12)5-7/h3-6,10H,1-2H3,(H,14,15). The number of rotatable bonds is 3. The van der Waals surface area contributed by atoms with Gasteiger partial charge in [-0.05, 0) is 39.5 Å². The van der Waals surface area contributed by atoms with Gasteiger partial charge in [-0.25, -0.2) is 4.39 Å². The van der Waals surface area contributed by atoms with Gasteiger partial charge >= 0.3 is 5.97 Å². The van der Waals surface area contributed by atoms with Crippen molar-refractivity contribution in [2.45, 2.75) is 19.8 Å². The summed E-state index contributed by atoms with van der Waals surface area (Å²) in [5.74, 6) is -1.89. The first-order valence-corrected chi connectivity index (χ1v) is 5.40. The Morgan fingerprint density at radius 2 is 2.07 bits per heavy atom. The quantitative estimate of drug-likeness (QED) is 0.917. The number of carbonyl (C=O) groups is 1. The average Bonchev–Trinajstić information content (AvgIpc) is 2.10. The molecule has 0 radical (unpaired) electrons. The number of aliphatic carboxylic acids is 1. The molecule has 0 amide bonds. The molecule has 1 aromatic rings. The highest BCUT2D eigenvalue weighted by molar-refractivity contribution is 9.10. The van der Waals surface area contributed by atoms with E-state index in [0.29, 0.717) is 10.0 Å². The first-order valence-electron chi connectivity index (χ1n) is 4.61. The number of hydrogen-bond donors (Lipinski definition) is 1. The van der Waals surface area contributed by atoms with E-state index in [1.807, 2.05) is 13.8 Å². The van der Waals surface area contributed by atoms with Crippen molar-refractivity contribution in [3.8, 4) is 0 Å². The average molecular weight is 275 g/mol. The van der Waals surface area contributed by atoms with E-state index in [-0.39, 0.29) is 11.7 Å². The smallest absolute Gasteiger partial charge is 0.311 e. The summed E-state index contributed by atoms with van der Waals surface area (Å²) in [7, 11) is 0. The normalized spacial score (nSPS) is 12.9. The topological polar surface area (TPSA) is 37.3 Å². The summed E-state index contributed by atoms with van der Waals surface area (Å²) in [4.78, 5) is 11.0. The van der Waals surface area contributed by atoms with Gasteiger partial charge in [-0.15, -0.1) is 0 Å². The van der Waals surface area contributed by atoms with Gasteiger partial charge in [-0.3, -0.25) is 4.79 Å². The maximum absolute atomic E-state index is 13.0. The lowest BCUT2D eigenvalue weighted by Crippen LogP contribution is -2.17.